The highest BCUT2D eigenvalue weighted by atomic mass is 79.9. The Labute approximate surface area is 148 Å². The first-order valence-electron chi connectivity index (χ1n) is 7.46. The van der Waals surface area contributed by atoms with E-state index in [-0.39, 0.29) is 12.2 Å². The third kappa shape index (κ3) is 2.83. The van der Waals surface area contributed by atoms with Gasteiger partial charge in [-0.25, -0.2) is 0 Å². The van der Waals surface area contributed by atoms with E-state index in [0.717, 1.165) is 10.2 Å². The molecule has 124 valence electrons. The number of hydrogen-bond donors (Lipinski definition) is 2. The summed E-state index contributed by atoms with van der Waals surface area (Å²) in [5.74, 6) is -0.861. The molecule has 6 heteroatoms. The van der Waals surface area contributed by atoms with Crippen LogP contribution in [-0.2, 0) is 10.4 Å². The van der Waals surface area contributed by atoms with Crippen LogP contribution in [0.4, 0.5) is 11.4 Å². The normalized spacial score (nSPS) is 18.9. The van der Waals surface area contributed by atoms with Crippen molar-refractivity contribution in [1.82, 2.24) is 0 Å². The fraction of sp³-hybridized carbons (Fsp3) is 0.222. The van der Waals surface area contributed by atoms with Gasteiger partial charge in [0.05, 0.1) is 6.42 Å². The fourth-order valence-corrected chi connectivity index (χ4v) is 3.13. The van der Waals surface area contributed by atoms with Crippen LogP contribution in [0.5, 0.6) is 0 Å². The molecule has 3 rings (SSSR count). The van der Waals surface area contributed by atoms with Crippen LogP contribution in [0.15, 0.2) is 46.9 Å². The molecule has 5 nitrogen and oxygen atoms in total. The molecule has 2 aromatic rings. The molecule has 0 saturated carbocycles. The molecule has 0 aliphatic carbocycles. The van der Waals surface area contributed by atoms with E-state index in [4.69, 9.17) is 0 Å². The molecule has 0 radical (unpaired) electrons. The van der Waals surface area contributed by atoms with E-state index in [1.165, 1.54) is 0 Å². The minimum atomic E-state index is -1.85. The molecule has 1 heterocycles. The summed E-state index contributed by atoms with van der Waals surface area (Å²) in [6.45, 7) is 0. The van der Waals surface area contributed by atoms with E-state index in [9.17, 15) is 14.7 Å². The number of amides is 1. The molecule has 0 bridgehead atoms. The van der Waals surface area contributed by atoms with E-state index >= 15 is 0 Å². The van der Waals surface area contributed by atoms with Crippen LogP contribution in [0, 0.1) is 0 Å². The Morgan fingerprint density at radius 3 is 2.50 bits per heavy atom. The van der Waals surface area contributed by atoms with Crippen LogP contribution in [-0.4, -0.2) is 30.9 Å². The number of anilines is 2. The van der Waals surface area contributed by atoms with Crippen molar-refractivity contribution < 1.29 is 14.7 Å². The maximum Gasteiger partial charge on any atom is 0.261 e. The number of nitrogens with one attached hydrogen (secondary N) is 1. The largest absolute Gasteiger partial charge is 0.378 e. The predicted octanol–water partition coefficient (Wildman–Crippen LogP) is 2.93. The van der Waals surface area contributed by atoms with Crippen molar-refractivity contribution >= 4 is 39.0 Å². The van der Waals surface area contributed by atoms with Crippen molar-refractivity contribution in [1.29, 1.82) is 0 Å². The zero-order valence-electron chi connectivity index (χ0n) is 13.3. The number of nitrogens with zero attached hydrogens (tertiary/aromatic N) is 1. The molecule has 1 amide bonds. The highest BCUT2D eigenvalue weighted by Gasteiger charge is 2.46. The second-order valence-corrected chi connectivity index (χ2v) is 6.96. The Morgan fingerprint density at radius 2 is 1.88 bits per heavy atom. The molecule has 0 fully saturated rings. The van der Waals surface area contributed by atoms with Gasteiger partial charge >= 0.3 is 0 Å². The van der Waals surface area contributed by atoms with Gasteiger partial charge in [0.15, 0.2) is 11.4 Å². The van der Waals surface area contributed by atoms with E-state index in [1.54, 1.807) is 30.3 Å². The first-order valence-corrected chi connectivity index (χ1v) is 8.25. The van der Waals surface area contributed by atoms with E-state index in [2.05, 4.69) is 21.2 Å². The quantitative estimate of drug-likeness (QED) is 0.790. The van der Waals surface area contributed by atoms with Gasteiger partial charge < -0.3 is 15.3 Å². The van der Waals surface area contributed by atoms with Gasteiger partial charge in [0.2, 0.25) is 0 Å². The van der Waals surface area contributed by atoms with Gasteiger partial charge in [-0.15, -0.1) is 0 Å². The van der Waals surface area contributed by atoms with Gasteiger partial charge in [0, 0.05) is 41.1 Å². The molecule has 2 aromatic carbocycles. The molecule has 0 saturated heterocycles. The Bertz CT molecular complexity index is 818. The molecule has 2 N–H and O–H groups in total. The number of hydrogen-bond acceptors (Lipinski definition) is 4. The Morgan fingerprint density at radius 1 is 1.21 bits per heavy atom. The molecule has 0 spiro atoms. The van der Waals surface area contributed by atoms with Crippen LogP contribution >= 0.6 is 15.9 Å². The SMILES string of the molecule is CN(C)c1ccc(C(=O)C[C@@]2(O)C(=O)Nc3ccc(Br)cc32)cc1. The number of halogens is 1. The summed E-state index contributed by atoms with van der Waals surface area (Å²) in [7, 11) is 3.83. The van der Waals surface area contributed by atoms with Gasteiger partial charge in [-0.3, -0.25) is 9.59 Å². The second kappa shape index (κ2) is 6.03. The van der Waals surface area contributed by atoms with Crippen LogP contribution < -0.4 is 10.2 Å². The minimum Gasteiger partial charge on any atom is -0.378 e. The number of rotatable bonds is 4. The molecule has 0 unspecified atom stereocenters. The summed E-state index contributed by atoms with van der Waals surface area (Å²) in [5, 5.41) is 13.5. The zero-order chi connectivity index (χ0) is 17.5. The lowest BCUT2D eigenvalue weighted by Crippen LogP contribution is -2.36. The summed E-state index contributed by atoms with van der Waals surface area (Å²) in [5.41, 5.74) is 0.529. The van der Waals surface area contributed by atoms with Crippen molar-refractivity contribution in [3.63, 3.8) is 0 Å². The van der Waals surface area contributed by atoms with Gasteiger partial charge in [0.1, 0.15) is 0 Å². The van der Waals surface area contributed by atoms with Crippen molar-refractivity contribution in [2.75, 3.05) is 24.3 Å². The first-order chi connectivity index (χ1) is 11.3. The van der Waals surface area contributed by atoms with Crippen molar-refractivity contribution in [3.8, 4) is 0 Å². The van der Waals surface area contributed by atoms with Crippen LogP contribution in [0.2, 0.25) is 0 Å². The number of carbonyl (C=O) groups excluding carboxylic acids is 2. The monoisotopic (exact) mass is 388 g/mol. The number of carbonyl (C=O) groups is 2. The molecule has 0 aromatic heterocycles. The topological polar surface area (TPSA) is 69.6 Å². The Balaban J connectivity index is 1.89. The van der Waals surface area contributed by atoms with Crippen LogP contribution in [0.25, 0.3) is 0 Å². The van der Waals surface area contributed by atoms with Crippen LogP contribution in [0.1, 0.15) is 22.3 Å². The third-order valence-electron chi connectivity index (χ3n) is 4.17. The van der Waals surface area contributed by atoms with Gasteiger partial charge in [0.25, 0.3) is 5.91 Å². The lowest BCUT2D eigenvalue weighted by molar-refractivity contribution is -0.133. The molecule has 24 heavy (non-hydrogen) atoms. The smallest absolute Gasteiger partial charge is 0.261 e. The zero-order valence-corrected chi connectivity index (χ0v) is 14.9. The van der Waals surface area contributed by atoms with E-state index in [0.29, 0.717) is 16.8 Å². The number of Topliss-reactive ketones (excluding diaryl/α,β-unsaturated/α-hetero) is 1. The maximum absolute atomic E-state index is 12.6. The molecule has 1 aliphatic heterocycles. The summed E-state index contributed by atoms with van der Waals surface area (Å²) in [4.78, 5) is 26.7. The summed E-state index contributed by atoms with van der Waals surface area (Å²) < 4.78 is 0.735. The molecule has 1 aliphatic rings. The summed E-state index contributed by atoms with van der Waals surface area (Å²) in [6, 6.07) is 12.2. The molecular weight excluding hydrogens is 372 g/mol. The maximum atomic E-state index is 12.6. The third-order valence-corrected chi connectivity index (χ3v) is 4.67. The second-order valence-electron chi connectivity index (χ2n) is 6.05. The minimum absolute atomic E-state index is 0.286. The number of fused-ring (bicyclic) bond motifs is 1. The predicted molar refractivity (Wildman–Crippen MR) is 96.4 cm³/mol. The molecular formula is C18H17BrN2O3. The van der Waals surface area contributed by atoms with E-state index < -0.39 is 11.5 Å². The van der Waals surface area contributed by atoms with Gasteiger partial charge in [-0.2, -0.15) is 0 Å². The summed E-state index contributed by atoms with van der Waals surface area (Å²) in [6.07, 6.45) is -0.302. The van der Waals surface area contributed by atoms with Gasteiger partial charge in [-0.05, 0) is 42.5 Å². The number of aliphatic hydroxyl groups is 1. The number of ketones is 1. The first kappa shape index (κ1) is 16.7. The highest BCUT2D eigenvalue weighted by Crippen LogP contribution is 2.40. The lowest BCUT2D eigenvalue weighted by atomic mass is 9.88. The van der Waals surface area contributed by atoms with Crippen molar-refractivity contribution in [3.05, 3.63) is 58.1 Å². The standard InChI is InChI=1S/C18H17BrN2O3/c1-21(2)13-6-3-11(4-7-13)16(22)10-18(24)14-9-12(19)5-8-15(14)20-17(18)23/h3-9,24H,10H2,1-2H3,(H,20,23)/t18-/m0/s1. The van der Waals surface area contributed by atoms with Crippen LogP contribution in [0.3, 0.4) is 0 Å². The Hall–Kier alpha value is -2.18. The lowest BCUT2D eigenvalue weighted by Gasteiger charge is -2.20. The molecule has 1 atom stereocenters. The average Bonchev–Trinajstić information content (AvgIpc) is 2.78. The van der Waals surface area contributed by atoms with Crippen molar-refractivity contribution in [2.45, 2.75) is 12.0 Å². The Kier molecular flexibility index (Phi) is 4.19. The highest BCUT2D eigenvalue weighted by molar-refractivity contribution is 9.10. The van der Waals surface area contributed by atoms with E-state index in [1.807, 2.05) is 31.1 Å². The fourth-order valence-electron chi connectivity index (χ4n) is 2.77. The van der Waals surface area contributed by atoms with Gasteiger partial charge in [-0.1, -0.05) is 15.9 Å². The summed E-state index contributed by atoms with van der Waals surface area (Å²) >= 11 is 3.33. The number of benzene rings is 2. The average molecular weight is 389 g/mol. The van der Waals surface area contributed by atoms with Crippen molar-refractivity contribution in [2.24, 2.45) is 0 Å².